The van der Waals surface area contributed by atoms with E-state index in [1.807, 2.05) is 0 Å². The molecule has 2 nitrogen and oxygen atoms in total. The smallest absolute Gasteiger partial charge is 0.0725 e. The number of ether oxygens (including phenoxy) is 1. The van der Waals surface area contributed by atoms with Gasteiger partial charge < -0.3 is 10.1 Å². The molecule has 0 amide bonds. The molecule has 1 aromatic rings. The van der Waals surface area contributed by atoms with Gasteiger partial charge in [0.2, 0.25) is 0 Å². The molecule has 0 aromatic heterocycles. The van der Waals surface area contributed by atoms with E-state index in [9.17, 15) is 0 Å². The van der Waals surface area contributed by atoms with E-state index in [2.05, 4.69) is 37.4 Å². The maximum atomic E-state index is 5.41. The van der Waals surface area contributed by atoms with Gasteiger partial charge in [-0.25, -0.2) is 0 Å². The Morgan fingerprint density at radius 2 is 1.94 bits per heavy atom. The Kier molecular flexibility index (Phi) is 3.83. The van der Waals surface area contributed by atoms with Gasteiger partial charge in [-0.3, -0.25) is 0 Å². The van der Waals surface area contributed by atoms with Gasteiger partial charge in [0.1, 0.15) is 0 Å². The zero-order valence-electron chi connectivity index (χ0n) is 10.3. The van der Waals surface area contributed by atoms with Crippen molar-refractivity contribution in [2.75, 3.05) is 11.9 Å². The highest BCUT2D eigenvalue weighted by atomic mass is 16.5. The van der Waals surface area contributed by atoms with E-state index in [1.165, 1.54) is 29.7 Å². The minimum Gasteiger partial charge on any atom is -0.385 e. The topological polar surface area (TPSA) is 21.3 Å². The molecule has 0 unspecified atom stereocenters. The summed E-state index contributed by atoms with van der Waals surface area (Å²) in [4.78, 5) is 0. The highest BCUT2D eigenvalue weighted by molar-refractivity contribution is 5.49. The standard InChI is InChI=1S/C14H21NO/c1-3-11(4-2)8-15-14-6-5-12-9-16-10-13(12)7-14/h5-7,11,15H,3-4,8-10H2,1-2H3. The van der Waals surface area contributed by atoms with Gasteiger partial charge in [0.15, 0.2) is 0 Å². The first kappa shape index (κ1) is 11.5. The maximum Gasteiger partial charge on any atom is 0.0725 e. The number of fused-ring (bicyclic) bond motifs is 1. The lowest BCUT2D eigenvalue weighted by Gasteiger charge is -2.14. The minimum atomic E-state index is 0.774. The lowest BCUT2D eigenvalue weighted by atomic mass is 10.0. The normalized spacial score (nSPS) is 14.2. The molecule has 1 aliphatic heterocycles. The Morgan fingerprint density at radius 1 is 1.19 bits per heavy atom. The third-order valence-electron chi connectivity index (χ3n) is 3.47. The van der Waals surface area contributed by atoms with Crippen molar-refractivity contribution in [1.29, 1.82) is 0 Å². The number of benzene rings is 1. The fourth-order valence-electron chi connectivity index (χ4n) is 2.12. The maximum absolute atomic E-state index is 5.41. The van der Waals surface area contributed by atoms with Crippen molar-refractivity contribution in [3.63, 3.8) is 0 Å². The van der Waals surface area contributed by atoms with Crippen LogP contribution in [0.25, 0.3) is 0 Å². The first-order chi connectivity index (χ1) is 7.83. The fraction of sp³-hybridized carbons (Fsp3) is 0.571. The molecule has 2 rings (SSSR count). The van der Waals surface area contributed by atoms with Crippen LogP contribution in [-0.2, 0) is 18.0 Å². The van der Waals surface area contributed by atoms with Crippen molar-refractivity contribution in [2.45, 2.75) is 39.9 Å². The molecule has 2 heteroatoms. The van der Waals surface area contributed by atoms with Crippen molar-refractivity contribution in [2.24, 2.45) is 5.92 Å². The van der Waals surface area contributed by atoms with Crippen LogP contribution in [0.4, 0.5) is 5.69 Å². The van der Waals surface area contributed by atoms with Crippen LogP contribution in [0.1, 0.15) is 37.8 Å². The molecule has 1 N–H and O–H groups in total. The largest absolute Gasteiger partial charge is 0.385 e. The second kappa shape index (κ2) is 5.35. The number of hydrogen-bond donors (Lipinski definition) is 1. The molecule has 0 fully saturated rings. The molecule has 1 aromatic carbocycles. The van der Waals surface area contributed by atoms with Gasteiger partial charge in [-0.2, -0.15) is 0 Å². The molecule has 0 radical (unpaired) electrons. The lowest BCUT2D eigenvalue weighted by Crippen LogP contribution is -2.12. The first-order valence-corrected chi connectivity index (χ1v) is 6.27. The second-order valence-electron chi connectivity index (χ2n) is 4.54. The molecular weight excluding hydrogens is 198 g/mol. The van der Waals surface area contributed by atoms with Crippen molar-refractivity contribution >= 4 is 5.69 Å². The van der Waals surface area contributed by atoms with E-state index in [0.717, 1.165) is 25.7 Å². The van der Waals surface area contributed by atoms with E-state index in [1.54, 1.807) is 0 Å². The Balaban J connectivity index is 1.95. The fourth-order valence-corrected chi connectivity index (χ4v) is 2.12. The number of rotatable bonds is 5. The monoisotopic (exact) mass is 219 g/mol. The molecule has 88 valence electrons. The van der Waals surface area contributed by atoms with Crippen LogP contribution in [0, 0.1) is 5.92 Å². The summed E-state index contributed by atoms with van der Waals surface area (Å²) in [7, 11) is 0. The van der Waals surface area contributed by atoms with Crippen molar-refractivity contribution in [3.8, 4) is 0 Å². The van der Waals surface area contributed by atoms with Crippen LogP contribution in [0.15, 0.2) is 18.2 Å². The van der Waals surface area contributed by atoms with Crippen LogP contribution in [0.3, 0.4) is 0 Å². The summed E-state index contributed by atoms with van der Waals surface area (Å²) in [5.74, 6) is 0.782. The highest BCUT2D eigenvalue weighted by Gasteiger charge is 2.11. The minimum absolute atomic E-state index is 0.774. The molecule has 0 atom stereocenters. The first-order valence-electron chi connectivity index (χ1n) is 6.27. The van der Waals surface area contributed by atoms with Crippen molar-refractivity contribution in [1.82, 2.24) is 0 Å². The number of nitrogens with one attached hydrogen (secondary N) is 1. The van der Waals surface area contributed by atoms with Crippen LogP contribution in [0.2, 0.25) is 0 Å². The van der Waals surface area contributed by atoms with Crippen LogP contribution in [-0.4, -0.2) is 6.54 Å². The molecular formula is C14H21NO. The molecule has 0 saturated carbocycles. The van der Waals surface area contributed by atoms with Crippen molar-refractivity contribution in [3.05, 3.63) is 29.3 Å². The molecule has 1 heterocycles. The summed E-state index contributed by atoms with van der Waals surface area (Å²) in [6.45, 7) is 7.14. The summed E-state index contributed by atoms with van der Waals surface area (Å²) >= 11 is 0. The zero-order valence-corrected chi connectivity index (χ0v) is 10.3. The van der Waals surface area contributed by atoms with Crippen molar-refractivity contribution < 1.29 is 4.74 Å². The summed E-state index contributed by atoms with van der Waals surface area (Å²) < 4.78 is 5.41. The van der Waals surface area contributed by atoms with Gasteiger partial charge in [0, 0.05) is 12.2 Å². The van der Waals surface area contributed by atoms with Gasteiger partial charge in [0.25, 0.3) is 0 Å². The van der Waals surface area contributed by atoms with Gasteiger partial charge in [-0.05, 0) is 29.2 Å². The summed E-state index contributed by atoms with van der Waals surface area (Å²) in [6.07, 6.45) is 2.50. The van der Waals surface area contributed by atoms with Crippen LogP contribution in [0.5, 0.6) is 0 Å². The summed E-state index contributed by atoms with van der Waals surface area (Å²) in [5, 5.41) is 3.52. The SMILES string of the molecule is CCC(CC)CNc1ccc2c(c1)COC2. The second-order valence-corrected chi connectivity index (χ2v) is 4.54. The molecule has 0 spiro atoms. The van der Waals surface area contributed by atoms with Crippen LogP contribution < -0.4 is 5.32 Å². The van der Waals surface area contributed by atoms with Crippen LogP contribution >= 0.6 is 0 Å². The van der Waals surface area contributed by atoms with E-state index >= 15 is 0 Å². The summed E-state index contributed by atoms with van der Waals surface area (Å²) in [5.41, 5.74) is 3.92. The third-order valence-corrected chi connectivity index (χ3v) is 3.47. The Labute approximate surface area is 98.0 Å². The Hall–Kier alpha value is -1.02. The predicted octanol–water partition coefficient (Wildman–Crippen LogP) is 3.56. The molecule has 0 bridgehead atoms. The van der Waals surface area contributed by atoms with Gasteiger partial charge in [0.05, 0.1) is 13.2 Å². The third kappa shape index (κ3) is 2.56. The lowest BCUT2D eigenvalue weighted by molar-refractivity contribution is 0.134. The van der Waals surface area contributed by atoms with Gasteiger partial charge in [-0.15, -0.1) is 0 Å². The Morgan fingerprint density at radius 3 is 2.69 bits per heavy atom. The number of hydrogen-bond acceptors (Lipinski definition) is 2. The van der Waals surface area contributed by atoms with E-state index in [0.29, 0.717) is 0 Å². The van der Waals surface area contributed by atoms with E-state index < -0.39 is 0 Å². The zero-order chi connectivity index (χ0) is 11.4. The van der Waals surface area contributed by atoms with E-state index in [-0.39, 0.29) is 0 Å². The number of anilines is 1. The highest BCUT2D eigenvalue weighted by Crippen LogP contribution is 2.23. The summed E-state index contributed by atoms with van der Waals surface area (Å²) in [6, 6.07) is 6.57. The quantitative estimate of drug-likeness (QED) is 0.817. The Bertz CT molecular complexity index is 345. The average Bonchev–Trinajstić information content (AvgIpc) is 2.77. The molecule has 0 aliphatic carbocycles. The van der Waals surface area contributed by atoms with Gasteiger partial charge >= 0.3 is 0 Å². The van der Waals surface area contributed by atoms with E-state index in [4.69, 9.17) is 4.74 Å². The van der Waals surface area contributed by atoms with Gasteiger partial charge in [-0.1, -0.05) is 32.8 Å². The predicted molar refractivity (Wildman–Crippen MR) is 67.5 cm³/mol. The molecule has 1 aliphatic rings. The molecule has 0 saturated heterocycles. The molecule has 16 heavy (non-hydrogen) atoms. The average molecular weight is 219 g/mol.